The highest BCUT2D eigenvalue weighted by molar-refractivity contribution is 5.32. The van der Waals surface area contributed by atoms with Gasteiger partial charge < -0.3 is 10.0 Å². The second kappa shape index (κ2) is 5.99. The Kier molecular flexibility index (Phi) is 4.35. The molecule has 1 unspecified atom stereocenters. The van der Waals surface area contributed by atoms with E-state index in [9.17, 15) is 5.11 Å². The Bertz CT molecular complexity index is 417. The fourth-order valence-corrected chi connectivity index (χ4v) is 2.13. The van der Waals surface area contributed by atoms with Gasteiger partial charge in [0, 0.05) is 13.1 Å². The first kappa shape index (κ1) is 13.1. The number of nitriles is 1. The number of likely N-dealkylation sites (N-methyl/N-ethyl adjacent to an activating group) is 1. The molecule has 1 aromatic carbocycles. The molecule has 1 saturated carbocycles. The van der Waals surface area contributed by atoms with Crippen LogP contribution in [-0.4, -0.2) is 29.6 Å². The molecule has 1 aliphatic rings. The van der Waals surface area contributed by atoms with Crippen LogP contribution < -0.4 is 0 Å². The van der Waals surface area contributed by atoms with Crippen molar-refractivity contribution >= 4 is 0 Å². The summed E-state index contributed by atoms with van der Waals surface area (Å²) in [4.78, 5) is 2.31. The van der Waals surface area contributed by atoms with Crippen LogP contribution in [0.5, 0.6) is 0 Å². The summed E-state index contributed by atoms with van der Waals surface area (Å²) in [6.45, 7) is 4.89. The SMILES string of the molecule is CCN(CC1CC1)CC(O)c1ccc(C#N)cc1. The van der Waals surface area contributed by atoms with Gasteiger partial charge in [-0.2, -0.15) is 5.26 Å². The number of hydrogen-bond donors (Lipinski definition) is 1. The molecule has 1 atom stereocenters. The van der Waals surface area contributed by atoms with Crippen LogP contribution in [-0.2, 0) is 0 Å². The predicted octanol–water partition coefficient (Wildman–Crippen LogP) is 2.32. The van der Waals surface area contributed by atoms with E-state index in [-0.39, 0.29) is 0 Å². The van der Waals surface area contributed by atoms with E-state index in [2.05, 4.69) is 17.9 Å². The zero-order chi connectivity index (χ0) is 13.0. The van der Waals surface area contributed by atoms with Gasteiger partial charge >= 0.3 is 0 Å². The van der Waals surface area contributed by atoms with Crippen LogP contribution >= 0.6 is 0 Å². The lowest BCUT2D eigenvalue weighted by atomic mass is 10.1. The van der Waals surface area contributed by atoms with Crippen molar-refractivity contribution in [2.75, 3.05) is 19.6 Å². The highest BCUT2D eigenvalue weighted by Crippen LogP contribution is 2.30. The molecule has 0 aliphatic heterocycles. The van der Waals surface area contributed by atoms with Crippen LogP contribution in [0.2, 0.25) is 0 Å². The first-order valence-electron chi connectivity index (χ1n) is 6.63. The summed E-state index contributed by atoms with van der Waals surface area (Å²) < 4.78 is 0. The van der Waals surface area contributed by atoms with Gasteiger partial charge in [0.2, 0.25) is 0 Å². The van der Waals surface area contributed by atoms with E-state index in [0.29, 0.717) is 12.1 Å². The van der Waals surface area contributed by atoms with Gasteiger partial charge in [-0.15, -0.1) is 0 Å². The van der Waals surface area contributed by atoms with E-state index in [0.717, 1.165) is 24.6 Å². The topological polar surface area (TPSA) is 47.3 Å². The Morgan fingerprint density at radius 1 is 1.39 bits per heavy atom. The second-order valence-electron chi connectivity index (χ2n) is 5.05. The van der Waals surface area contributed by atoms with Crippen molar-refractivity contribution in [2.45, 2.75) is 25.9 Å². The van der Waals surface area contributed by atoms with Gasteiger partial charge in [-0.1, -0.05) is 19.1 Å². The number of hydrogen-bond acceptors (Lipinski definition) is 3. The normalized spacial score (nSPS) is 16.6. The summed E-state index contributed by atoms with van der Waals surface area (Å²) in [6, 6.07) is 9.29. The highest BCUT2D eigenvalue weighted by Gasteiger charge is 2.24. The largest absolute Gasteiger partial charge is 0.387 e. The average Bonchev–Trinajstić information content (AvgIpc) is 3.22. The van der Waals surface area contributed by atoms with Crippen molar-refractivity contribution in [3.63, 3.8) is 0 Å². The van der Waals surface area contributed by atoms with E-state index in [1.807, 2.05) is 12.1 Å². The number of aliphatic hydroxyl groups excluding tert-OH is 1. The monoisotopic (exact) mass is 244 g/mol. The molecule has 0 aromatic heterocycles. The Morgan fingerprint density at radius 3 is 2.56 bits per heavy atom. The summed E-state index contributed by atoms with van der Waals surface area (Å²) in [5, 5.41) is 18.9. The van der Waals surface area contributed by atoms with Gasteiger partial charge in [-0.3, -0.25) is 0 Å². The molecule has 1 N–H and O–H groups in total. The molecule has 0 heterocycles. The minimum atomic E-state index is -0.462. The molecule has 0 bridgehead atoms. The van der Waals surface area contributed by atoms with Crippen LogP contribution in [0, 0.1) is 17.2 Å². The highest BCUT2D eigenvalue weighted by atomic mass is 16.3. The minimum absolute atomic E-state index is 0.462. The summed E-state index contributed by atoms with van der Waals surface area (Å²) in [7, 11) is 0. The molecule has 2 rings (SSSR count). The summed E-state index contributed by atoms with van der Waals surface area (Å²) in [6.07, 6.45) is 2.21. The molecule has 0 amide bonds. The van der Waals surface area contributed by atoms with Crippen molar-refractivity contribution in [1.82, 2.24) is 4.90 Å². The third kappa shape index (κ3) is 3.56. The molecular formula is C15H20N2O. The maximum Gasteiger partial charge on any atom is 0.0991 e. The van der Waals surface area contributed by atoms with Gasteiger partial charge in [0.25, 0.3) is 0 Å². The van der Waals surface area contributed by atoms with Gasteiger partial charge in [0.05, 0.1) is 17.7 Å². The van der Waals surface area contributed by atoms with Crippen LogP contribution in [0.25, 0.3) is 0 Å². The smallest absolute Gasteiger partial charge is 0.0991 e. The maximum atomic E-state index is 10.2. The molecule has 3 heteroatoms. The van der Waals surface area contributed by atoms with E-state index in [4.69, 9.17) is 5.26 Å². The molecule has 0 spiro atoms. The standard InChI is InChI=1S/C15H20N2O/c1-2-17(10-13-3-4-13)11-15(18)14-7-5-12(9-16)6-8-14/h5-8,13,15,18H,2-4,10-11H2,1H3. The molecule has 1 fully saturated rings. The van der Waals surface area contributed by atoms with Crippen LogP contribution in [0.3, 0.4) is 0 Å². The zero-order valence-corrected chi connectivity index (χ0v) is 10.8. The quantitative estimate of drug-likeness (QED) is 0.835. The minimum Gasteiger partial charge on any atom is -0.387 e. The fraction of sp³-hybridized carbons (Fsp3) is 0.533. The van der Waals surface area contributed by atoms with Crippen LogP contribution in [0.4, 0.5) is 0 Å². The number of aliphatic hydroxyl groups is 1. The number of benzene rings is 1. The van der Waals surface area contributed by atoms with Crippen molar-refractivity contribution in [2.24, 2.45) is 5.92 Å². The molecule has 0 radical (unpaired) electrons. The molecule has 0 saturated heterocycles. The van der Waals surface area contributed by atoms with E-state index in [1.54, 1.807) is 12.1 Å². The molecule has 3 nitrogen and oxygen atoms in total. The summed E-state index contributed by atoms with van der Waals surface area (Å²) in [5.74, 6) is 0.845. The lowest BCUT2D eigenvalue weighted by Gasteiger charge is -2.23. The van der Waals surface area contributed by atoms with E-state index < -0.39 is 6.10 Å². The second-order valence-corrected chi connectivity index (χ2v) is 5.05. The van der Waals surface area contributed by atoms with Crippen molar-refractivity contribution < 1.29 is 5.11 Å². The maximum absolute atomic E-state index is 10.2. The fourth-order valence-electron chi connectivity index (χ4n) is 2.13. The Balaban J connectivity index is 1.92. The molecule has 1 aromatic rings. The molecule has 1 aliphatic carbocycles. The number of rotatable bonds is 6. The molecule has 96 valence electrons. The Morgan fingerprint density at radius 2 is 2.06 bits per heavy atom. The predicted molar refractivity (Wildman–Crippen MR) is 71.0 cm³/mol. The third-order valence-electron chi connectivity index (χ3n) is 3.52. The van der Waals surface area contributed by atoms with Gasteiger partial charge in [0.1, 0.15) is 0 Å². The molecular weight excluding hydrogens is 224 g/mol. The van der Waals surface area contributed by atoms with E-state index >= 15 is 0 Å². The average molecular weight is 244 g/mol. The van der Waals surface area contributed by atoms with Gasteiger partial charge in [-0.25, -0.2) is 0 Å². The first-order valence-corrected chi connectivity index (χ1v) is 6.63. The van der Waals surface area contributed by atoms with Crippen LogP contribution in [0.15, 0.2) is 24.3 Å². The van der Waals surface area contributed by atoms with Gasteiger partial charge in [0.15, 0.2) is 0 Å². The van der Waals surface area contributed by atoms with Crippen molar-refractivity contribution in [3.05, 3.63) is 35.4 Å². The van der Waals surface area contributed by atoms with Crippen molar-refractivity contribution in [1.29, 1.82) is 5.26 Å². The molecule has 18 heavy (non-hydrogen) atoms. The van der Waals surface area contributed by atoms with Crippen LogP contribution in [0.1, 0.15) is 37.0 Å². The van der Waals surface area contributed by atoms with Gasteiger partial charge in [-0.05, 0) is 43.0 Å². The van der Waals surface area contributed by atoms with E-state index in [1.165, 1.54) is 12.8 Å². The Labute approximate surface area is 109 Å². The lowest BCUT2D eigenvalue weighted by molar-refractivity contribution is 0.113. The zero-order valence-electron chi connectivity index (χ0n) is 10.8. The third-order valence-corrected chi connectivity index (χ3v) is 3.52. The first-order chi connectivity index (χ1) is 8.72. The van der Waals surface area contributed by atoms with Crippen molar-refractivity contribution in [3.8, 4) is 6.07 Å². The number of nitrogens with zero attached hydrogens (tertiary/aromatic N) is 2. The Hall–Kier alpha value is -1.37. The summed E-state index contributed by atoms with van der Waals surface area (Å²) in [5.41, 5.74) is 1.53. The summed E-state index contributed by atoms with van der Waals surface area (Å²) >= 11 is 0. The lowest BCUT2D eigenvalue weighted by Crippen LogP contribution is -2.30.